The Morgan fingerprint density at radius 1 is 0.947 bits per heavy atom. The molecule has 2 aromatic carbocycles. The number of aromatic hydroxyl groups is 1. The Kier molecular flexibility index (Phi) is 4.35. The number of hydrogen-bond donors (Lipinski definition) is 1. The van der Waals surface area contributed by atoms with Gasteiger partial charge in [-0.3, -0.25) is 4.79 Å². The van der Waals surface area contributed by atoms with E-state index in [4.69, 9.17) is 0 Å². The molecule has 0 radical (unpaired) electrons. The van der Waals surface area contributed by atoms with Crippen LogP contribution in [0.5, 0.6) is 5.75 Å². The number of ketones is 1. The minimum Gasteiger partial charge on any atom is -0.508 e. The maximum Gasteiger partial charge on any atom is 0.193 e. The summed E-state index contributed by atoms with van der Waals surface area (Å²) in [5.74, 6) is 0.161. The molecule has 0 aliphatic carbocycles. The van der Waals surface area contributed by atoms with Gasteiger partial charge in [0.15, 0.2) is 5.78 Å². The Labute approximate surface area is 113 Å². The zero-order chi connectivity index (χ0) is 13.7. The van der Waals surface area contributed by atoms with Gasteiger partial charge in [-0.1, -0.05) is 37.6 Å². The van der Waals surface area contributed by atoms with E-state index in [-0.39, 0.29) is 11.5 Å². The molecule has 2 aromatic rings. The summed E-state index contributed by atoms with van der Waals surface area (Å²) in [6.45, 7) is 2.17. The van der Waals surface area contributed by atoms with Crippen LogP contribution in [0.15, 0.2) is 48.5 Å². The van der Waals surface area contributed by atoms with Gasteiger partial charge in [0.05, 0.1) is 0 Å². The number of rotatable bonds is 5. The lowest BCUT2D eigenvalue weighted by Crippen LogP contribution is -2.01. The number of carbonyl (C=O) groups is 1. The van der Waals surface area contributed by atoms with Crippen molar-refractivity contribution in [2.75, 3.05) is 0 Å². The Morgan fingerprint density at radius 2 is 1.47 bits per heavy atom. The average Bonchev–Trinajstić information content (AvgIpc) is 2.46. The SMILES string of the molecule is CCCCc1ccc(C(=O)c2ccc(O)cc2)cc1. The van der Waals surface area contributed by atoms with Crippen LogP contribution in [0.4, 0.5) is 0 Å². The van der Waals surface area contributed by atoms with Gasteiger partial charge in [-0.15, -0.1) is 0 Å². The fourth-order valence-corrected chi connectivity index (χ4v) is 1.98. The summed E-state index contributed by atoms with van der Waals surface area (Å²) < 4.78 is 0. The van der Waals surface area contributed by atoms with Crippen LogP contribution >= 0.6 is 0 Å². The van der Waals surface area contributed by atoms with Gasteiger partial charge in [0.1, 0.15) is 5.75 Å². The number of aryl methyl sites for hydroxylation is 1. The van der Waals surface area contributed by atoms with Gasteiger partial charge in [0.25, 0.3) is 0 Å². The first-order valence-electron chi connectivity index (χ1n) is 6.63. The second-order valence-corrected chi connectivity index (χ2v) is 4.68. The Balaban J connectivity index is 2.13. The first kappa shape index (κ1) is 13.3. The first-order chi connectivity index (χ1) is 9.20. The smallest absolute Gasteiger partial charge is 0.193 e. The van der Waals surface area contributed by atoms with Gasteiger partial charge in [0, 0.05) is 11.1 Å². The lowest BCUT2D eigenvalue weighted by atomic mass is 10.0. The molecular weight excluding hydrogens is 236 g/mol. The molecule has 0 saturated carbocycles. The number of unbranched alkanes of at least 4 members (excludes halogenated alkanes) is 1. The molecule has 0 aliphatic rings. The molecule has 0 atom stereocenters. The van der Waals surface area contributed by atoms with E-state index in [0.29, 0.717) is 11.1 Å². The topological polar surface area (TPSA) is 37.3 Å². The van der Waals surface area contributed by atoms with Crippen LogP contribution < -0.4 is 0 Å². The normalized spacial score (nSPS) is 10.4. The standard InChI is InChI=1S/C17H18O2/c1-2-3-4-13-5-7-14(8-6-13)17(19)15-9-11-16(18)12-10-15/h5-12,18H,2-4H2,1H3. The molecule has 0 aliphatic heterocycles. The summed E-state index contributed by atoms with van der Waals surface area (Å²) in [7, 11) is 0. The number of carbonyl (C=O) groups excluding carboxylic acids is 1. The summed E-state index contributed by atoms with van der Waals surface area (Å²) in [5.41, 5.74) is 2.55. The maximum atomic E-state index is 12.2. The molecule has 0 amide bonds. The van der Waals surface area contributed by atoms with Gasteiger partial charge in [-0.25, -0.2) is 0 Å². The zero-order valence-corrected chi connectivity index (χ0v) is 11.1. The third-order valence-corrected chi connectivity index (χ3v) is 3.16. The summed E-state index contributed by atoms with van der Waals surface area (Å²) in [6, 6.07) is 14.1. The Hall–Kier alpha value is -2.09. The van der Waals surface area contributed by atoms with Gasteiger partial charge < -0.3 is 5.11 Å². The third kappa shape index (κ3) is 3.44. The summed E-state index contributed by atoms with van der Waals surface area (Å²) >= 11 is 0. The largest absolute Gasteiger partial charge is 0.508 e. The Bertz CT molecular complexity index is 538. The second-order valence-electron chi connectivity index (χ2n) is 4.68. The quantitative estimate of drug-likeness (QED) is 0.820. The molecule has 0 bridgehead atoms. The molecule has 1 N–H and O–H groups in total. The molecule has 0 heterocycles. The minimum atomic E-state index is -0.0120. The highest BCUT2D eigenvalue weighted by molar-refractivity contribution is 6.09. The Morgan fingerprint density at radius 3 is 2.00 bits per heavy atom. The highest BCUT2D eigenvalue weighted by Gasteiger charge is 2.08. The molecule has 2 heteroatoms. The van der Waals surface area contributed by atoms with Crippen molar-refractivity contribution in [2.24, 2.45) is 0 Å². The molecular formula is C17H18O2. The number of benzene rings is 2. The van der Waals surface area contributed by atoms with Crippen LogP contribution in [0.1, 0.15) is 41.3 Å². The predicted octanol–water partition coefficient (Wildman–Crippen LogP) is 3.97. The summed E-state index contributed by atoms with van der Waals surface area (Å²) in [6.07, 6.45) is 3.41. The van der Waals surface area contributed by atoms with Gasteiger partial charge >= 0.3 is 0 Å². The molecule has 0 saturated heterocycles. The van der Waals surface area contributed by atoms with Crippen molar-refractivity contribution in [3.8, 4) is 5.75 Å². The van der Waals surface area contributed by atoms with Crippen LogP contribution in [0, 0.1) is 0 Å². The van der Waals surface area contributed by atoms with E-state index in [1.807, 2.05) is 24.3 Å². The lowest BCUT2D eigenvalue weighted by Gasteiger charge is -2.04. The fraction of sp³-hybridized carbons (Fsp3) is 0.235. The number of phenolic OH excluding ortho intramolecular Hbond substituents is 1. The van der Waals surface area contributed by atoms with E-state index < -0.39 is 0 Å². The van der Waals surface area contributed by atoms with Crippen LogP contribution in [0.25, 0.3) is 0 Å². The molecule has 0 fully saturated rings. The molecule has 0 spiro atoms. The van der Waals surface area contributed by atoms with Crippen molar-refractivity contribution in [1.29, 1.82) is 0 Å². The van der Waals surface area contributed by atoms with E-state index >= 15 is 0 Å². The number of hydrogen-bond acceptors (Lipinski definition) is 2. The van der Waals surface area contributed by atoms with Gasteiger partial charge in [-0.2, -0.15) is 0 Å². The van der Waals surface area contributed by atoms with E-state index in [9.17, 15) is 9.90 Å². The van der Waals surface area contributed by atoms with Crippen molar-refractivity contribution >= 4 is 5.78 Å². The van der Waals surface area contributed by atoms with Crippen LogP contribution in [-0.2, 0) is 6.42 Å². The first-order valence-corrected chi connectivity index (χ1v) is 6.63. The van der Waals surface area contributed by atoms with Crippen LogP contribution in [0.2, 0.25) is 0 Å². The summed E-state index contributed by atoms with van der Waals surface area (Å²) in [5, 5.41) is 9.22. The average molecular weight is 254 g/mol. The molecule has 2 rings (SSSR count). The lowest BCUT2D eigenvalue weighted by molar-refractivity contribution is 0.103. The zero-order valence-electron chi connectivity index (χ0n) is 11.1. The van der Waals surface area contributed by atoms with E-state index in [0.717, 1.165) is 6.42 Å². The maximum absolute atomic E-state index is 12.2. The van der Waals surface area contributed by atoms with Gasteiger partial charge in [-0.05, 0) is 42.7 Å². The van der Waals surface area contributed by atoms with E-state index in [1.54, 1.807) is 12.1 Å². The van der Waals surface area contributed by atoms with Gasteiger partial charge in [0.2, 0.25) is 0 Å². The third-order valence-electron chi connectivity index (χ3n) is 3.16. The fourth-order valence-electron chi connectivity index (χ4n) is 1.98. The minimum absolute atomic E-state index is 0.0120. The summed E-state index contributed by atoms with van der Waals surface area (Å²) in [4.78, 5) is 12.2. The van der Waals surface area contributed by atoms with Crippen molar-refractivity contribution in [3.63, 3.8) is 0 Å². The second kappa shape index (κ2) is 6.19. The highest BCUT2D eigenvalue weighted by Crippen LogP contribution is 2.15. The van der Waals surface area contributed by atoms with Crippen molar-refractivity contribution < 1.29 is 9.90 Å². The molecule has 19 heavy (non-hydrogen) atoms. The van der Waals surface area contributed by atoms with E-state index in [2.05, 4.69) is 6.92 Å². The van der Waals surface area contributed by atoms with Crippen LogP contribution in [-0.4, -0.2) is 10.9 Å². The molecule has 2 nitrogen and oxygen atoms in total. The highest BCUT2D eigenvalue weighted by atomic mass is 16.3. The molecule has 98 valence electrons. The van der Waals surface area contributed by atoms with Crippen molar-refractivity contribution in [1.82, 2.24) is 0 Å². The molecule has 0 aromatic heterocycles. The van der Waals surface area contributed by atoms with Crippen molar-refractivity contribution in [2.45, 2.75) is 26.2 Å². The number of phenols is 1. The van der Waals surface area contributed by atoms with Crippen LogP contribution in [0.3, 0.4) is 0 Å². The van der Waals surface area contributed by atoms with Crippen molar-refractivity contribution in [3.05, 3.63) is 65.2 Å². The predicted molar refractivity (Wildman–Crippen MR) is 76.6 cm³/mol. The molecule has 0 unspecified atom stereocenters. The monoisotopic (exact) mass is 254 g/mol. The van der Waals surface area contributed by atoms with E-state index in [1.165, 1.54) is 30.5 Å².